The lowest BCUT2D eigenvalue weighted by Gasteiger charge is -2.05. The Kier molecular flexibility index (Phi) is 2.05. The summed E-state index contributed by atoms with van der Waals surface area (Å²) in [6.07, 6.45) is 0.232. The van der Waals surface area contributed by atoms with Crippen molar-refractivity contribution in [1.82, 2.24) is 0 Å². The van der Waals surface area contributed by atoms with Crippen LogP contribution in [0.3, 0.4) is 0 Å². The Morgan fingerprint density at radius 2 is 2.31 bits per heavy atom. The molecule has 2 nitrogen and oxygen atoms in total. The molecular formula is C11H13NO. The maximum atomic E-state index is 5.55. The van der Waals surface area contributed by atoms with E-state index in [1.165, 1.54) is 5.56 Å². The highest BCUT2D eigenvalue weighted by Gasteiger charge is 2.16. The van der Waals surface area contributed by atoms with E-state index < -0.39 is 0 Å². The Labute approximate surface area is 78.3 Å². The number of ether oxygens (including phenoxy) is 1. The second kappa shape index (κ2) is 3.21. The van der Waals surface area contributed by atoms with Crippen molar-refractivity contribution < 1.29 is 4.74 Å². The summed E-state index contributed by atoms with van der Waals surface area (Å²) < 4.78 is 5.55. The summed E-state index contributed by atoms with van der Waals surface area (Å²) in [5, 5.41) is 0. The van der Waals surface area contributed by atoms with Crippen molar-refractivity contribution in [2.45, 2.75) is 20.0 Å². The second-order valence-electron chi connectivity index (χ2n) is 3.44. The molecule has 13 heavy (non-hydrogen) atoms. The van der Waals surface area contributed by atoms with Gasteiger partial charge in [-0.15, -0.1) is 0 Å². The van der Waals surface area contributed by atoms with Crippen LogP contribution >= 0.6 is 0 Å². The fourth-order valence-electron chi connectivity index (χ4n) is 1.41. The van der Waals surface area contributed by atoms with Gasteiger partial charge in [-0.3, -0.25) is 0 Å². The zero-order valence-electron chi connectivity index (χ0n) is 7.95. The molecule has 1 aliphatic heterocycles. The molecule has 2 heteroatoms. The maximum Gasteiger partial charge on any atom is 0.216 e. The maximum absolute atomic E-state index is 5.55. The SMILES string of the molecule is Cc1cccc(C2=NCC(C)O2)c1. The highest BCUT2D eigenvalue weighted by Crippen LogP contribution is 2.12. The molecule has 0 aliphatic carbocycles. The molecule has 0 fully saturated rings. The number of benzene rings is 1. The van der Waals surface area contributed by atoms with E-state index in [9.17, 15) is 0 Å². The van der Waals surface area contributed by atoms with Gasteiger partial charge in [0.25, 0.3) is 0 Å². The number of rotatable bonds is 1. The van der Waals surface area contributed by atoms with Crippen molar-refractivity contribution in [3.8, 4) is 0 Å². The summed E-state index contributed by atoms with van der Waals surface area (Å²) >= 11 is 0. The van der Waals surface area contributed by atoms with Gasteiger partial charge >= 0.3 is 0 Å². The van der Waals surface area contributed by atoms with Crippen molar-refractivity contribution >= 4 is 5.90 Å². The molecule has 0 amide bonds. The molecule has 1 aliphatic rings. The Bertz CT molecular complexity index is 344. The first-order valence-electron chi connectivity index (χ1n) is 4.54. The average molecular weight is 175 g/mol. The Morgan fingerprint density at radius 3 is 2.92 bits per heavy atom. The van der Waals surface area contributed by atoms with Crippen LogP contribution in [0.25, 0.3) is 0 Å². The van der Waals surface area contributed by atoms with Crippen LogP contribution in [0.1, 0.15) is 18.1 Å². The summed E-state index contributed by atoms with van der Waals surface area (Å²) in [5.41, 5.74) is 2.33. The van der Waals surface area contributed by atoms with Crippen LogP contribution in [0.5, 0.6) is 0 Å². The molecule has 0 N–H and O–H groups in total. The monoisotopic (exact) mass is 175 g/mol. The van der Waals surface area contributed by atoms with Crippen molar-refractivity contribution in [3.63, 3.8) is 0 Å². The summed E-state index contributed by atoms with van der Waals surface area (Å²) in [4.78, 5) is 4.32. The van der Waals surface area contributed by atoms with Crippen LogP contribution in [0.4, 0.5) is 0 Å². The predicted molar refractivity (Wildman–Crippen MR) is 53.1 cm³/mol. The van der Waals surface area contributed by atoms with Gasteiger partial charge in [-0.05, 0) is 26.0 Å². The Morgan fingerprint density at radius 1 is 1.46 bits per heavy atom. The summed E-state index contributed by atoms with van der Waals surface area (Å²) in [7, 11) is 0. The zero-order chi connectivity index (χ0) is 9.26. The highest BCUT2D eigenvalue weighted by molar-refractivity contribution is 5.95. The Balaban J connectivity index is 2.26. The van der Waals surface area contributed by atoms with Gasteiger partial charge in [-0.1, -0.05) is 17.7 Å². The van der Waals surface area contributed by atoms with Gasteiger partial charge in [0.2, 0.25) is 5.90 Å². The van der Waals surface area contributed by atoms with Gasteiger partial charge in [0.05, 0.1) is 6.54 Å². The van der Waals surface area contributed by atoms with E-state index in [1.54, 1.807) is 0 Å². The van der Waals surface area contributed by atoms with Crippen molar-refractivity contribution in [3.05, 3.63) is 35.4 Å². The fourth-order valence-corrected chi connectivity index (χ4v) is 1.41. The molecule has 68 valence electrons. The number of hydrogen-bond acceptors (Lipinski definition) is 2. The molecule has 0 bridgehead atoms. The molecule has 1 atom stereocenters. The average Bonchev–Trinajstić information content (AvgIpc) is 2.52. The minimum Gasteiger partial charge on any atom is -0.472 e. The van der Waals surface area contributed by atoms with E-state index in [0.29, 0.717) is 0 Å². The second-order valence-corrected chi connectivity index (χ2v) is 3.44. The highest BCUT2D eigenvalue weighted by atomic mass is 16.5. The van der Waals surface area contributed by atoms with Gasteiger partial charge in [0.1, 0.15) is 6.10 Å². The van der Waals surface area contributed by atoms with Crippen LogP contribution in [-0.4, -0.2) is 18.5 Å². The van der Waals surface area contributed by atoms with Gasteiger partial charge < -0.3 is 4.74 Å². The molecule has 0 spiro atoms. The first-order valence-corrected chi connectivity index (χ1v) is 4.54. The third-order valence-electron chi connectivity index (χ3n) is 2.07. The minimum atomic E-state index is 0.232. The minimum absolute atomic E-state index is 0.232. The van der Waals surface area contributed by atoms with E-state index in [2.05, 4.69) is 24.0 Å². The van der Waals surface area contributed by atoms with Crippen molar-refractivity contribution in [1.29, 1.82) is 0 Å². The molecule has 1 aromatic carbocycles. The van der Waals surface area contributed by atoms with Gasteiger partial charge in [-0.25, -0.2) is 4.99 Å². The summed E-state index contributed by atoms with van der Waals surface area (Å²) in [5.74, 6) is 0.788. The van der Waals surface area contributed by atoms with Crippen LogP contribution in [0.15, 0.2) is 29.3 Å². The van der Waals surface area contributed by atoms with E-state index in [1.807, 2.05) is 19.1 Å². The third-order valence-corrected chi connectivity index (χ3v) is 2.07. The lowest BCUT2D eigenvalue weighted by atomic mass is 10.1. The number of aryl methyl sites for hydroxylation is 1. The molecule has 1 unspecified atom stereocenters. The summed E-state index contributed by atoms with van der Waals surface area (Å²) in [6, 6.07) is 8.22. The van der Waals surface area contributed by atoms with Crippen molar-refractivity contribution in [2.75, 3.05) is 6.54 Å². The lowest BCUT2D eigenvalue weighted by Crippen LogP contribution is -2.08. The van der Waals surface area contributed by atoms with E-state index in [4.69, 9.17) is 4.74 Å². The van der Waals surface area contributed by atoms with E-state index in [-0.39, 0.29) is 6.10 Å². The summed E-state index contributed by atoms with van der Waals surface area (Å²) in [6.45, 7) is 4.89. The van der Waals surface area contributed by atoms with Crippen LogP contribution in [0, 0.1) is 6.92 Å². The third kappa shape index (κ3) is 1.72. The lowest BCUT2D eigenvalue weighted by molar-refractivity contribution is 0.246. The molecule has 0 saturated heterocycles. The first kappa shape index (κ1) is 8.30. The standard InChI is InChI=1S/C11H13NO/c1-8-4-3-5-10(6-8)11-12-7-9(2)13-11/h3-6,9H,7H2,1-2H3. The smallest absolute Gasteiger partial charge is 0.216 e. The Hall–Kier alpha value is -1.31. The molecule has 1 heterocycles. The molecule has 1 aromatic rings. The normalized spacial score (nSPS) is 21.1. The molecule has 0 aromatic heterocycles. The van der Waals surface area contributed by atoms with Crippen LogP contribution < -0.4 is 0 Å². The first-order chi connectivity index (χ1) is 6.25. The van der Waals surface area contributed by atoms with Crippen molar-refractivity contribution in [2.24, 2.45) is 4.99 Å². The van der Waals surface area contributed by atoms with E-state index >= 15 is 0 Å². The molecular weight excluding hydrogens is 162 g/mol. The molecule has 0 radical (unpaired) electrons. The zero-order valence-corrected chi connectivity index (χ0v) is 7.95. The van der Waals surface area contributed by atoms with E-state index in [0.717, 1.165) is 18.0 Å². The fraction of sp³-hybridized carbons (Fsp3) is 0.364. The van der Waals surface area contributed by atoms with Gasteiger partial charge in [0.15, 0.2) is 0 Å². The van der Waals surface area contributed by atoms with Crippen LogP contribution in [0.2, 0.25) is 0 Å². The topological polar surface area (TPSA) is 21.6 Å². The quantitative estimate of drug-likeness (QED) is 0.641. The van der Waals surface area contributed by atoms with Crippen LogP contribution in [-0.2, 0) is 4.74 Å². The number of nitrogens with zero attached hydrogens (tertiary/aromatic N) is 1. The van der Waals surface area contributed by atoms with Gasteiger partial charge in [-0.2, -0.15) is 0 Å². The number of hydrogen-bond donors (Lipinski definition) is 0. The largest absolute Gasteiger partial charge is 0.472 e. The molecule has 2 rings (SSSR count). The predicted octanol–water partition coefficient (Wildman–Crippen LogP) is 2.16. The molecule has 0 saturated carbocycles. The number of aliphatic imine (C=N–C) groups is 1. The van der Waals surface area contributed by atoms with Gasteiger partial charge in [0, 0.05) is 5.56 Å².